The summed E-state index contributed by atoms with van der Waals surface area (Å²) in [7, 11) is 1.51. The van der Waals surface area contributed by atoms with Gasteiger partial charge in [-0.3, -0.25) is 0 Å². The molecule has 0 radical (unpaired) electrons. The van der Waals surface area contributed by atoms with E-state index in [9.17, 15) is 13.9 Å². The van der Waals surface area contributed by atoms with E-state index in [1.807, 2.05) is 0 Å². The first kappa shape index (κ1) is 13.1. The first-order chi connectivity index (χ1) is 7.37. The lowest BCUT2D eigenvalue weighted by atomic mass is 9.95. The summed E-state index contributed by atoms with van der Waals surface area (Å²) in [4.78, 5) is 0. The Kier molecular flexibility index (Phi) is 3.99. The van der Waals surface area contributed by atoms with E-state index in [2.05, 4.69) is 0 Å². The van der Waals surface area contributed by atoms with E-state index in [-0.39, 0.29) is 12.0 Å². The molecular formula is C12H16F2O2. The van der Waals surface area contributed by atoms with Crippen molar-refractivity contribution in [3.05, 3.63) is 35.4 Å². The number of methoxy groups -OCH3 is 1. The van der Waals surface area contributed by atoms with Crippen LogP contribution in [0.25, 0.3) is 0 Å². The van der Waals surface area contributed by atoms with Gasteiger partial charge in [0.25, 0.3) is 0 Å². The molecule has 0 amide bonds. The fourth-order valence-corrected chi connectivity index (χ4v) is 1.44. The summed E-state index contributed by atoms with van der Waals surface area (Å²) in [6.45, 7) is 3.54. The smallest absolute Gasteiger partial charge is 0.164 e. The molecule has 0 aliphatic carbocycles. The fourth-order valence-electron chi connectivity index (χ4n) is 1.44. The molecule has 4 heteroatoms. The first-order valence-electron chi connectivity index (χ1n) is 5.04. The van der Waals surface area contributed by atoms with Gasteiger partial charge in [0.05, 0.1) is 11.7 Å². The first-order valence-corrected chi connectivity index (χ1v) is 5.04. The Labute approximate surface area is 93.9 Å². The number of rotatable bonds is 4. The molecule has 1 aromatic carbocycles. The van der Waals surface area contributed by atoms with Gasteiger partial charge in [0.2, 0.25) is 0 Å². The van der Waals surface area contributed by atoms with Crippen LogP contribution in [0.1, 0.15) is 31.9 Å². The average molecular weight is 230 g/mol. The van der Waals surface area contributed by atoms with Crippen LogP contribution in [0.2, 0.25) is 0 Å². The predicted molar refractivity (Wildman–Crippen MR) is 57.0 cm³/mol. The molecule has 0 fully saturated rings. The van der Waals surface area contributed by atoms with E-state index >= 15 is 0 Å². The molecule has 0 saturated heterocycles. The van der Waals surface area contributed by atoms with Gasteiger partial charge in [0, 0.05) is 19.1 Å². The molecule has 1 atom stereocenters. The van der Waals surface area contributed by atoms with Crippen molar-refractivity contribution >= 4 is 0 Å². The highest BCUT2D eigenvalue weighted by Gasteiger charge is 2.25. The molecule has 2 nitrogen and oxygen atoms in total. The van der Waals surface area contributed by atoms with Gasteiger partial charge in [-0.15, -0.1) is 0 Å². The van der Waals surface area contributed by atoms with Crippen LogP contribution in [0.5, 0.6) is 0 Å². The van der Waals surface area contributed by atoms with Crippen molar-refractivity contribution in [2.75, 3.05) is 7.11 Å². The Hall–Kier alpha value is -1.00. The molecule has 90 valence electrons. The Morgan fingerprint density at radius 2 is 2.00 bits per heavy atom. The SMILES string of the molecule is COC(C)(C)CC(O)c1cccc(F)c1F. The highest BCUT2D eigenvalue weighted by Crippen LogP contribution is 2.28. The molecule has 1 aromatic rings. The molecule has 0 spiro atoms. The summed E-state index contributed by atoms with van der Waals surface area (Å²) in [6, 6.07) is 3.76. The second-order valence-corrected chi connectivity index (χ2v) is 4.33. The van der Waals surface area contributed by atoms with Gasteiger partial charge in [-0.25, -0.2) is 8.78 Å². The topological polar surface area (TPSA) is 29.5 Å². The molecule has 0 aliphatic heterocycles. The van der Waals surface area contributed by atoms with Gasteiger partial charge < -0.3 is 9.84 Å². The normalized spacial score (nSPS) is 13.9. The molecule has 1 rings (SSSR count). The van der Waals surface area contributed by atoms with E-state index in [1.54, 1.807) is 13.8 Å². The Morgan fingerprint density at radius 3 is 2.56 bits per heavy atom. The number of benzene rings is 1. The minimum absolute atomic E-state index is 0.0369. The standard InChI is InChI=1S/C12H16F2O2/c1-12(2,16-3)7-10(15)8-5-4-6-9(13)11(8)14/h4-6,10,15H,7H2,1-3H3. The summed E-state index contributed by atoms with van der Waals surface area (Å²) in [6.07, 6.45) is -0.880. The lowest BCUT2D eigenvalue weighted by Gasteiger charge is -2.26. The third kappa shape index (κ3) is 3.00. The summed E-state index contributed by atoms with van der Waals surface area (Å²) in [5.74, 6) is -1.95. The highest BCUT2D eigenvalue weighted by molar-refractivity contribution is 5.21. The molecule has 0 bridgehead atoms. The molecule has 1 N–H and O–H groups in total. The lowest BCUT2D eigenvalue weighted by Crippen LogP contribution is -2.25. The van der Waals surface area contributed by atoms with Gasteiger partial charge >= 0.3 is 0 Å². The zero-order chi connectivity index (χ0) is 12.3. The number of ether oxygens (including phenoxy) is 1. The number of halogens is 2. The van der Waals surface area contributed by atoms with Gasteiger partial charge in [-0.05, 0) is 19.9 Å². The molecule has 0 saturated carbocycles. The zero-order valence-electron chi connectivity index (χ0n) is 9.63. The van der Waals surface area contributed by atoms with Crippen LogP contribution in [0.15, 0.2) is 18.2 Å². The third-order valence-electron chi connectivity index (χ3n) is 2.58. The van der Waals surface area contributed by atoms with Crippen molar-refractivity contribution < 1.29 is 18.6 Å². The summed E-state index contributed by atoms with van der Waals surface area (Å²) in [5.41, 5.74) is -0.622. The molecule has 0 aromatic heterocycles. The van der Waals surface area contributed by atoms with Crippen LogP contribution >= 0.6 is 0 Å². The lowest BCUT2D eigenvalue weighted by molar-refractivity contribution is -0.0209. The van der Waals surface area contributed by atoms with Crippen molar-refractivity contribution in [1.29, 1.82) is 0 Å². The summed E-state index contributed by atoms with van der Waals surface area (Å²) >= 11 is 0. The highest BCUT2D eigenvalue weighted by atomic mass is 19.2. The minimum Gasteiger partial charge on any atom is -0.388 e. The molecule has 1 unspecified atom stereocenters. The van der Waals surface area contributed by atoms with E-state index in [0.717, 1.165) is 6.07 Å². The Morgan fingerprint density at radius 1 is 1.38 bits per heavy atom. The van der Waals surface area contributed by atoms with Crippen LogP contribution in [0.4, 0.5) is 8.78 Å². The van der Waals surface area contributed by atoms with E-state index in [4.69, 9.17) is 4.74 Å². The van der Waals surface area contributed by atoms with Crippen molar-refractivity contribution in [3.8, 4) is 0 Å². The van der Waals surface area contributed by atoms with Gasteiger partial charge in [-0.2, -0.15) is 0 Å². The number of hydrogen-bond acceptors (Lipinski definition) is 2. The Bertz CT molecular complexity index is 364. The van der Waals surface area contributed by atoms with Gasteiger partial charge in [0.15, 0.2) is 11.6 Å². The zero-order valence-corrected chi connectivity index (χ0v) is 9.63. The van der Waals surface area contributed by atoms with Crippen LogP contribution < -0.4 is 0 Å². The van der Waals surface area contributed by atoms with E-state index in [1.165, 1.54) is 19.2 Å². The van der Waals surface area contributed by atoms with Crippen molar-refractivity contribution in [2.45, 2.75) is 32.0 Å². The number of aliphatic hydroxyl groups excluding tert-OH is 1. The molecule has 0 aliphatic rings. The van der Waals surface area contributed by atoms with Crippen LogP contribution in [-0.4, -0.2) is 17.8 Å². The quantitative estimate of drug-likeness (QED) is 0.861. The molecule has 16 heavy (non-hydrogen) atoms. The average Bonchev–Trinajstić information content (AvgIpc) is 2.21. The molecular weight excluding hydrogens is 214 g/mol. The van der Waals surface area contributed by atoms with E-state index in [0.29, 0.717) is 0 Å². The van der Waals surface area contributed by atoms with Crippen LogP contribution in [0.3, 0.4) is 0 Å². The number of hydrogen-bond donors (Lipinski definition) is 1. The number of aliphatic hydroxyl groups is 1. The summed E-state index contributed by atoms with van der Waals surface area (Å²) < 4.78 is 31.4. The maximum Gasteiger partial charge on any atom is 0.164 e. The maximum atomic E-state index is 13.4. The third-order valence-corrected chi connectivity index (χ3v) is 2.58. The van der Waals surface area contributed by atoms with Gasteiger partial charge in [-0.1, -0.05) is 12.1 Å². The molecule has 0 heterocycles. The monoisotopic (exact) mass is 230 g/mol. The maximum absolute atomic E-state index is 13.4. The fraction of sp³-hybridized carbons (Fsp3) is 0.500. The second-order valence-electron chi connectivity index (χ2n) is 4.33. The van der Waals surface area contributed by atoms with Crippen molar-refractivity contribution in [3.63, 3.8) is 0 Å². The van der Waals surface area contributed by atoms with E-state index < -0.39 is 23.3 Å². The largest absolute Gasteiger partial charge is 0.388 e. The van der Waals surface area contributed by atoms with Crippen LogP contribution in [-0.2, 0) is 4.74 Å². The van der Waals surface area contributed by atoms with Crippen molar-refractivity contribution in [2.24, 2.45) is 0 Å². The minimum atomic E-state index is -1.08. The predicted octanol–water partition coefficient (Wildman–Crippen LogP) is 2.81. The summed E-state index contributed by atoms with van der Waals surface area (Å²) in [5, 5.41) is 9.81. The second kappa shape index (κ2) is 4.89. The van der Waals surface area contributed by atoms with Crippen molar-refractivity contribution in [1.82, 2.24) is 0 Å². The Balaban J connectivity index is 2.89. The van der Waals surface area contributed by atoms with Crippen LogP contribution in [0, 0.1) is 11.6 Å². The van der Waals surface area contributed by atoms with Gasteiger partial charge in [0.1, 0.15) is 0 Å².